The number of carbonyl (C=O) groups excluding carboxylic acids is 2. The van der Waals surface area contributed by atoms with E-state index < -0.39 is 33.9 Å². The average Bonchev–Trinajstić information content (AvgIpc) is 2.97. The molecule has 2 aromatic rings. The third kappa shape index (κ3) is 7.37. The number of hydrogen-bond donors (Lipinski definition) is 3. The SMILES string of the molecule is CCOc1ccc(CCC[C@@H](C(=O)N2CCN(S(=O)(=O)c3c(C)cc(OC)c(C)c3C)CC2)[C@H](O)C(=O)NO)cc1. The monoisotopic (exact) mass is 591 g/mol. The Balaban J connectivity index is 1.69. The van der Waals surface area contributed by atoms with Crippen molar-refractivity contribution in [2.24, 2.45) is 5.92 Å². The number of nitrogens with one attached hydrogen (secondary N) is 1. The first-order chi connectivity index (χ1) is 19.5. The second kappa shape index (κ2) is 14.1. The van der Waals surface area contributed by atoms with Crippen LogP contribution in [0.2, 0.25) is 0 Å². The number of methoxy groups -OCH3 is 1. The molecule has 2 amide bonds. The first kappa shape index (κ1) is 32.3. The largest absolute Gasteiger partial charge is 0.496 e. The van der Waals surface area contributed by atoms with Gasteiger partial charge in [-0.15, -0.1) is 0 Å². The van der Waals surface area contributed by atoms with Crippen molar-refractivity contribution in [3.63, 3.8) is 0 Å². The Bertz CT molecular complexity index is 1320. The van der Waals surface area contributed by atoms with E-state index in [0.29, 0.717) is 36.3 Å². The number of sulfonamides is 1. The van der Waals surface area contributed by atoms with E-state index >= 15 is 0 Å². The molecule has 41 heavy (non-hydrogen) atoms. The highest BCUT2D eigenvalue weighted by atomic mass is 32.2. The molecule has 0 bridgehead atoms. The van der Waals surface area contributed by atoms with Crippen LogP contribution in [0.15, 0.2) is 35.2 Å². The smallest absolute Gasteiger partial charge is 0.272 e. The van der Waals surface area contributed by atoms with Gasteiger partial charge in [-0.25, -0.2) is 13.9 Å². The highest BCUT2D eigenvalue weighted by molar-refractivity contribution is 7.89. The molecule has 1 saturated heterocycles. The number of hydrogen-bond acceptors (Lipinski definition) is 8. The van der Waals surface area contributed by atoms with Gasteiger partial charge in [-0.3, -0.25) is 14.8 Å². The number of aryl methyl sites for hydroxylation is 2. The fraction of sp³-hybridized carbons (Fsp3) is 0.517. The molecule has 2 atom stereocenters. The minimum absolute atomic E-state index is 0.0687. The average molecular weight is 592 g/mol. The maximum absolute atomic E-state index is 13.6. The molecule has 1 aliphatic rings. The molecule has 12 heteroatoms. The number of benzene rings is 2. The van der Waals surface area contributed by atoms with Crippen LogP contribution in [0.5, 0.6) is 11.5 Å². The molecule has 0 aromatic heterocycles. The summed E-state index contributed by atoms with van der Waals surface area (Å²) in [5.74, 6) is -1.24. The summed E-state index contributed by atoms with van der Waals surface area (Å²) in [6.45, 7) is 8.11. The van der Waals surface area contributed by atoms with E-state index in [4.69, 9.17) is 14.7 Å². The van der Waals surface area contributed by atoms with Gasteiger partial charge in [0.05, 0.1) is 24.5 Å². The molecule has 3 N–H and O–H groups in total. The van der Waals surface area contributed by atoms with Crippen LogP contribution in [0.25, 0.3) is 0 Å². The number of amides is 2. The third-order valence-corrected chi connectivity index (χ3v) is 9.83. The fourth-order valence-corrected chi connectivity index (χ4v) is 7.16. The Morgan fingerprint density at radius 2 is 1.68 bits per heavy atom. The zero-order valence-corrected chi connectivity index (χ0v) is 25.2. The zero-order chi connectivity index (χ0) is 30.3. The molecular formula is C29H41N3O8S. The second-order valence-corrected chi connectivity index (χ2v) is 12.1. The lowest BCUT2D eigenvalue weighted by molar-refractivity contribution is -0.151. The Hall–Kier alpha value is -3.19. The van der Waals surface area contributed by atoms with Crippen LogP contribution in [0.4, 0.5) is 0 Å². The summed E-state index contributed by atoms with van der Waals surface area (Å²) in [7, 11) is -2.30. The van der Waals surface area contributed by atoms with Crippen molar-refractivity contribution < 1.29 is 37.8 Å². The van der Waals surface area contributed by atoms with E-state index in [1.807, 2.05) is 38.1 Å². The van der Waals surface area contributed by atoms with E-state index in [1.54, 1.807) is 27.0 Å². The lowest BCUT2D eigenvalue weighted by Gasteiger charge is -2.37. The van der Waals surface area contributed by atoms with Gasteiger partial charge in [-0.05, 0) is 87.4 Å². The van der Waals surface area contributed by atoms with Crippen LogP contribution in [-0.2, 0) is 26.0 Å². The van der Waals surface area contributed by atoms with Crippen molar-refractivity contribution in [1.82, 2.24) is 14.7 Å². The van der Waals surface area contributed by atoms with Gasteiger partial charge in [0.2, 0.25) is 15.9 Å². The Labute approximate surface area is 242 Å². The molecule has 2 aromatic carbocycles. The van der Waals surface area contributed by atoms with Gasteiger partial charge < -0.3 is 19.5 Å². The van der Waals surface area contributed by atoms with Gasteiger partial charge in [0.25, 0.3) is 5.91 Å². The number of carbonyl (C=O) groups is 2. The summed E-state index contributed by atoms with van der Waals surface area (Å²) in [6, 6.07) is 9.28. The lowest BCUT2D eigenvalue weighted by Crippen LogP contribution is -2.54. The van der Waals surface area contributed by atoms with Crippen molar-refractivity contribution in [3.05, 3.63) is 52.6 Å². The predicted molar refractivity (Wildman–Crippen MR) is 153 cm³/mol. The van der Waals surface area contributed by atoms with E-state index in [0.717, 1.165) is 16.9 Å². The van der Waals surface area contributed by atoms with Crippen LogP contribution in [0.3, 0.4) is 0 Å². The molecule has 0 spiro atoms. The topological polar surface area (TPSA) is 146 Å². The third-order valence-electron chi connectivity index (χ3n) is 7.64. The number of aliphatic hydroxyl groups excluding tert-OH is 1. The van der Waals surface area contributed by atoms with Crippen LogP contribution in [-0.4, -0.2) is 85.8 Å². The lowest BCUT2D eigenvalue weighted by atomic mass is 9.92. The minimum atomic E-state index is -3.84. The number of aliphatic hydroxyl groups is 1. The maximum atomic E-state index is 13.6. The van der Waals surface area contributed by atoms with E-state index in [2.05, 4.69) is 0 Å². The summed E-state index contributed by atoms with van der Waals surface area (Å²) in [4.78, 5) is 27.2. The first-order valence-corrected chi connectivity index (χ1v) is 15.2. The number of piperazine rings is 1. The van der Waals surface area contributed by atoms with Gasteiger partial charge in [-0.2, -0.15) is 4.31 Å². The number of ether oxygens (including phenoxy) is 2. The molecule has 0 unspecified atom stereocenters. The highest BCUT2D eigenvalue weighted by Gasteiger charge is 2.38. The highest BCUT2D eigenvalue weighted by Crippen LogP contribution is 2.33. The van der Waals surface area contributed by atoms with E-state index in [1.165, 1.54) is 14.7 Å². The summed E-state index contributed by atoms with van der Waals surface area (Å²) in [5, 5.41) is 19.6. The van der Waals surface area contributed by atoms with Crippen LogP contribution in [0.1, 0.15) is 42.0 Å². The molecule has 1 aliphatic heterocycles. The van der Waals surface area contributed by atoms with Crippen molar-refractivity contribution in [2.75, 3.05) is 39.9 Å². The van der Waals surface area contributed by atoms with Gasteiger partial charge >= 0.3 is 0 Å². The van der Waals surface area contributed by atoms with Crippen molar-refractivity contribution in [3.8, 4) is 11.5 Å². The van der Waals surface area contributed by atoms with Crippen LogP contribution < -0.4 is 15.0 Å². The Kier molecular flexibility index (Phi) is 11.1. The predicted octanol–water partition coefficient (Wildman–Crippen LogP) is 2.36. The molecule has 3 rings (SSSR count). The van der Waals surface area contributed by atoms with Gasteiger partial charge in [0.15, 0.2) is 0 Å². The van der Waals surface area contributed by atoms with Crippen molar-refractivity contribution in [2.45, 2.75) is 58.0 Å². The van der Waals surface area contributed by atoms with E-state index in [-0.39, 0.29) is 37.5 Å². The van der Waals surface area contributed by atoms with Gasteiger partial charge in [0.1, 0.15) is 17.6 Å². The number of nitrogens with zero attached hydrogens (tertiary/aromatic N) is 2. The minimum Gasteiger partial charge on any atom is -0.496 e. The standard InChI is InChI=1S/C29H41N3O8S/c1-6-40-23-12-10-22(11-13-23)8-7-9-24(26(33)28(34)30-36)29(35)31-14-16-32(17-15-31)41(37,38)27-19(2)18-25(39-5)20(3)21(27)4/h10-13,18,24,26,33,36H,6-9,14-17H2,1-5H3,(H,30,34)/t24-,26+/m1/s1. The zero-order valence-electron chi connectivity index (χ0n) is 24.3. The van der Waals surface area contributed by atoms with Crippen LogP contribution in [0, 0.1) is 26.7 Å². The normalized spacial score (nSPS) is 15.7. The molecule has 0 saturated carbocycles. The molecule has 0 radical (unpaired) electrons. The second-order valence-electron chi connectivity index (χ2n) is 10.2. The number of hydroxylamine groups is 1. The molecule has 11 nitrogen and oxygen atoms in total. The summed E-state index contributed by atoms with van der Waals surface area (Å²) >= 11 is 0. The Morgan fingerprint density at radius 3 is 2.24 bits per heavy atom. The van der Waals surface area contributed by atoms with Crippen LogP contribution >= 0.6 is 0 Å². The van der Waals surface area contributed by atoms with Gasteiger partial charge in [-0.1, -0.05) is 12.1 Å². The van der Waals surface area contributed by atoms with E-state index in [9.17, 15) is 23.1 Å². The summed E-state index contributed by atoms with van der Waals surface area (Å²) < 4.78 is 39.4. The number of rotatable bonds is 12. The fourth-order valence-electron chi connectivity index (χ4n) is 5.25. The molecule has 1 heterocycles. The maximum Gasteiger partial charge on any atom is 0.272 e. The molecule has 226 valence electrons. The molecule has 0 aliphatic carbocycles. The summed E-state index contributed by atoms with van der Waals surface area (Å²) in [5.41, 5.74) is 4.38. The van der Waals surface area contributed by atoms with Crippen molar-refractivity contribution in [1.29, 1.82) is 0 Å². The van der Waals surface area contributed by atoms with Crippen molar-refractivity contribution >= 4 is 21.8 Å². The molecule has 1 fully saturated rings. The summed E-state index contributed by atoms with van der Waals surface area (Å²) in [6.07, 6.45) is -0.440. The van der Waals surface area contributed by atoms with Gasteiger partial charge in [0, 0.05) is 26.2 Å². The molecular weight excluding hydrogens is 550 g/mol. The quantitative estimate of drug-likeness (QED) is 0.252. The Morgan fingerprint density at radius 1 is 1.05 bits per heavy atom. The first-order valence-electron chi connectivity index (χ1n) is 13.7.